The number of ether oxygens (including phenoxy) is 2. The molecule has 0 aliphatic carbocycles. The van der Waals surface area contributed by atoms with Crippen LogP contribution in [0.1, 0.15) is 55.7 Å². The molecule has 2 unspecified atom stereocenters. The molecule has 144 valence electrons. The van der Waals surface area contributed by atoms with E-state index < -0.39 is 20.5 Å². The molecule has 0 aromatic carbocycles. The molecule has 0 amide bonds. The third kappa shape index (κ3) is 4.35. The standard InChI is InChI=1S/C18H33N2O4P/c1-8-15-16-17(18(9-2,23-15)12-21-16)24-25(22-11-10-19-7)20(13(3)4)14(5)6/h13-17H,8-12H2,1-6H3/t15-,16-,17-,18-,25?/m0/s1/i9D/t9?,15-,16-,17-,18-,25?. The van der Waals surface area contributed by atoms with Gasteiger partial charge in [-0.15, -0.1) is 0 Å². The van der Waals surface area contributed by atoms with Gasteiger partial charge in [-0.1, -0.05) is 13.8 Å². The highest BCUT2D eigenvalue weighted by atomic mass is 31.2. The molecule has 0 radical (unpaired) electrons. The minimum atomic E-state index is -1.37. The largest absolute Gasteiger partial charge is 0.370 e. The Bertz CT molecular complexity index is 494. The van der Waals surface area contributed by atoms with E-state index in [0.29, 0.717) is 19.8 Å². The Morgan fingerprint density at radius 2 is 2.04 bits per heavy atom. The monoisotopic (exact) mass is 373 g/mol. The summed E-state index contributed by atoms with van der Waals surface area (Å²) in [5, 5.41) is 0. The smallest absolute Gasteiger partial charge is 0.259 e. The van der Waals surface area contributed by atoms with Gasteiger partial charge in [0.1, 0.15) is 24.4 Å². The topological polar surface area (TPSA) is 44.5 Å². The predicted octanol–water partition coefficient (Wildman–Crippen LogP) is 4.01. The van der Waals surface area contributed by atoms with E-state index in [-0.39, 0.29) is 30.4 Å². The van der Waals surface area contributed by atoms with E-state index in [2.05, 4.69) is 44.1 Å². The fourth-order valence-electron chi connectivity index (χ4n) is 3.59. The van der Waals surface area contributed by atoms with E-state index in [1.807, 2.05) is 6.92 Å². The van der Waals surface area contributed by atoms with E-state index in [1.54, 1.807) is 0 Å². The fourth-order valence-corrected chi connectivity index (χ4v) is 5.38. The van der Waals surface area contributed by atoms with Gasteiger partial charge >= 0.3 is 0 Å². The normalized spacial score (nSPS) is 34.6. The SMILES string of the molecule is [2H]C(C)[C@@]12CO[C@@H]([C@H](CC)O1)[C@@H]2OP(OCC[N+]#[C-])N(C(C)C)C(C)C. The van der Waals surface area contributed by atoms with Crippen molar-refractivity contribution in [3.63, 3.8) is 0 Å². The van der Waals surface area contributed by atoms with Crippen molar-refractivity contribution >= 4 is 8.53 Å². The van der Waals surface area contributed by atoms with Gasteiger partial charge in [0.15, 0.2) is 0 Å². The molecule has 0 saturated carbocycles. The molecule has 2 fully saturated rings. The first-order chi connectivity index (χ1) is 12.3. The summed E-state index contributed by atoms with van der Waals surface area (Å²) >= 11 is 0. The van der Waals surface area contributed by atoms with E-state index in [1.165, 1.54) is 0 Å². The third-order valence-corrected chi connectivity index (χ3v) is 6.88. The molecule has 6 nitrogen and oxygen atoms in total. The minimum absolute atomic E-state index is 0.0480. The van der Waals surface area contributed by atoms with Crippen molar-refractivity contribution in [3.8, 4) is 0 Å². The van der Waals surface area contributed by atoms with Crippen molar-refractivity contribution < 1.29 is 19.9 Å². The first-order valence-corrected chi connectivity index (χ1v) is 10.3. The van der Waals surface area contributed by atoms with Crippen molar-refractivity contribution in [2.45, 2.75) is 90.4 Å². The second-order valence-corrected chi connectivity index (χ2v) is 8.54. The highest BCUT2D eigenvalue weighted by Gasteiger charge is 2.61. The van der Waals surface area contributed by atoms with E-state index >= 15 is 0 Å². The van der Waals surface area contributed by atoms with Crippen LogP contribution in [0.2, 0.25) is 0 Å². The Morgan fingerprint density at radius 1 is 1.36 bits per heavy atom. The maximum atomic E-state index is 8.36. The molecule has 2 rings (SSSR count). The Hall–Kier alpha value is -0.280. The van der Waals surface area contributed by atoms with Gasteiger partial charge in [-0.3, -0.25) is 0 Å². The van der Waals surface area contributed by atoms with Gasteiger partial charge in [0.05, 0.1) is 12.7 Å². The van der Waals surface area contributed by atoms with Gasteiger partial charge in [-0.25, -0.2) is 11.2 Å². The zero-order valence-electron chi connectivity index (χ0n) is 17.3. The summed E-state index contributed by atoms with van der Waals surface area (Å²) in [6, 6.07) is 0.475. The average molecular weight is 373 g/mol. The Morgan fingerprint density at radius 3 is 2.56 bits per heavy atom. The molecule has 6 atom stereocenters. The third-order valence-electron chi connectivity index (χ3n) is 4.76. The van der Waals surface area contributed by atoms with Crippen LogP contribution in [0.15, 0.2) is 0 Å². The minimum Gasteiger partial charge on any atom is -0.370 e. The summed E-state index contributed by atoms with van der Waals surface area (Å²) in [4.78, 5) is 3.38. The van der Waals surface area contributed by atoms with Crippen molar-refractivity contribution in [3.05, 3.63) is 11.4 Å². The quantitative estimate of drug-likeness (QED) is 0.329. The molecule has 2 bridgehead atoms. The molecule has 0 spiro atoms. The molecule has 2 aliphatic heterocycles. The molecule has 0 aromatic rings. The number of hydrogen-bond acceptors (Lipinski definition) is 5. The summed E-state index contributed by atoms with van der Waals surface area (Å²) in [5.41, 5.74) is -0.741. The summed E-state index contributed by atoms with van der Waals surface area (Å²) in [5.74, 6) is 0. The second-order valence-electron chi connectivity index (χ2n) is 7.13. The lowest BCUT2D eigenvalue weighted by atomic mass is 9.96. The van der Waals surface area contributed by atoms with Crippen LogP contribution in [0.25, 0.3) is 4.85 Å². The van der Waals surface area contributed by atoms with Crippen LogP contribution in [-0.4, -0.2) is 60.4 Å². The molecule has 2 saturated heterocycles. The fraction of sp³-hybridized carbons (Fsp3) is 0.944. The predicted molar refractivity (Wildman–Crippen MR) is 99.3 cm³/mol. The number of rotatable bonds is 10. The molecule has 0 N–H and O–H groups in total. The van der Waals surface area contributed by atoms with Crippen LogP contribution in [0.4, 0.5) is 0 Å². The first-order valence-electron chi connectivity index (χ1n) is 9.79. The molecule has 2 heterocycles. The summed E-state index contributed by atoms with van der Waals surface area (Å²) in [6.45, 7) is 20.4. The van der Waals surface area contributed by atoms with Crippen LogP contribution in [0, 0.1) is 6.57 Å². The van der Waals surface area contributed by atoms with Gasteiger partial charge in [0.2, 0.25) is 6.54 Å². The van der Waals surface area contributed by atoms with Gasteiger partial charge in [-0.05, 0) is 40.5 Å². The maximum absolute atomic E-state index is 8.36. The molecule has 2 aliphatic rings. The Kier molecular flexibility index (Phi) is 7.08. The molecule has 0 aromatic heterocycles. The van der Waals surface area contributed by atoms with Crippen LogP contribution >= 0.6 is 8.53 Å². The van der Waals surface area contributed by atoms with Crippen molar-refractivity contribution in [1.82, 2.24) is 4.67 Å². The Balaban J connectivity index is 2.24. The van der Waals surface area contributed by atoms with E-state index in [4.69, 9.17) is 26.5 Å². The van der Waals surface area contributed by atoms with Gasteiger partial charge in [0, 0.05) is 13.5 Å². The first kappa shape index (κ1) is 19.5. The Labute approximate surface area is 155 Å². The zero-order valence-corrected chi connectivity index (χ0v) is 17.2. The summed E-state index contributed by atoms with van der Waals surface area (Å²) in [6.07, 6.45) is -0.163. The van der Waals surface area contributed by atoms with E-state index in [0.717, 1.165) is 6.42 Å². The van der Waals surface area contributed by atoms with Gasteiger partial charge < -0.3 is 23.4 Å². The number of nitrogens with zero attached hydrogens (tertiary/aromatic N) is 2. The lowest BCUT2D eigenvalue weighted by molar-refractivity contribution is -0.146. The molecule has 7 heteroatoms. The van der Waals surface area contributed by atoms with Crippen molar-refractivity contribution in [2.75, 3.05) is 19.8 Å². The van der Waals surface area contributed by atoms with Gasteiger partial charge in [0.25, 0.3) is 8.53 Å². The van der Waals surface area contributed by atoms with Crippen LogP contribution in [0.3, 0.4) is 0 Å². The lowest BCUT2D eigenvalue weighted by Gasteiger charge is -2.38. The van der Waals surface area contributed by atoms with Crippen molar-refractivity contribution in [1.29, 1.82) is 0 Å². The average Bonchev–Trinajstić information content (AvgIpc) is 3.07. The lowest BCUT2D eigenvalue weighted by Crippen LogP contribution is -2.42. The highest BCUT2D eigenvalue weighted by Crippen LogP contribution is 2.54. The molecular weight excluding hydrogens is 339 g/mol. The highest BCUT2D eigenvalue weighted by molar-refractivity contribution is 7.44. The van der Waals surface area contributed by atoms with Gasteiger partial charge in [-0.2, -0.15) is 0 Å². The number of hydrogen-bond donors (Lipinski definition) is 0. The van der Waals surface area contributed by atoms with E-state index in [9.17, 15) is 0 Å². The second kappa shape index (κ2) is 9.08. The van der Waals surface area contributed by atoms with Crippen LogP contribution in [-0.2, 0) is 18.5 Å². The van der Waals surface area contributed by atoms with Crippen LogP contribution in [0.5, 0.6) is 0 Å². The zero-order chi connectivity index (χ0) is 19.5. The number of fused-ring (bicyclic) bond motifs is 2. The maximum Gasteiger partial charge on any atom is 0.259 e. The molecular formula is C18H33N2O4P. The molecule has 25 heavy (non-hydrogen) atoms. The van der Waals surface area contributed by atoms with Crippen molar-refractivity contribution in [2.24, 2.45) is 0 Å². The summed E-state index contributed by atoms with van der Waals surface area (Å²) < 4.78 is 35.3. The van der Waals surface area contributed by atoms with Crippen LogP contribution < -0.4 is 0 Å². The summed E-state index contributed by atoms with van der Waals surface area (Å²) in [7, 11) is -1.37.